The number of nitro groups is 1. The largest absolute Gasteiger partial charge is 0.497 e. The number of para-hydroxylation sites is 2. The summed E-state index contributed by atoms with van der Waals surface area (Å²) < 4.78 is 10.1. The highest BCUT2D eigenvalue weighted by atomic mass is 16.6. The molecule has 2 aromatic rings. The summed E-state index contributed by atoms with van der Waals surface area (Å²) in [5, 5.41) is 22.6. The Morgan fingerprint density at radius 1 is 1.21 bits per heavy atom. The number of nitrogens with one attached hydrogen (secondary N) is 1. The minimum absolute atomic E-state index is 0.0281. The van der Waals surface area contributed by atoms with Gasteiger partial charge in [0.05, 0.1) is 12.0 Å². The van der Waals surface area contributed by atoms with Crippen molar-refractivity contribution in [1.29, 1.82) is 5.26 Å². The number of nitro benzene ring substituents is 1. The first-order valence-electron chi connectivity index (χ1n) is 8.36. The van der Waals surface area contributed by atoms with Crippen molar-refractivity contribution >= 4 is 29.3 Å². The Bertz CT molecular complexity index is 992. The molecule has 9 nitrogen and oxygen atoms in total. The summed E-state index contributed by atoms with van der Waals surface area (Å²) in [6.07, 6.45) is 0.0315. The van der Waals surface area contributed by atoms with Crippen LogP contribution in [0.5, 0.6) is 5.75 Å². The van der Waals surface area contributed by atoms with E-state index in [2.05, 4.69) is 5.32 Å². The van der Waals surface area contributed by atoms with E-state index in [-0.39, 0.29) is 16.9 Å². The van der Waals surface area contributed by atoms with Gasteiger partial charge in [-0.25, -0.2) is 4.79 Å². The SMILES string of the molecule is COc1ccc(/C=C(\C#N)C(=O)O[C@H](C)C(=O)Nc2ccccc2[N+](=O)[O-])cc1. The molecule has 0 aromatic heterocycles. The fourth-order valence-corrected chi connectivity index (χ4v) is 2.25. The first-order chi connectivity index (χ1) is 13.8. The van der Waals surface area contributed by atoms with Crippen molar-refractivity contribution < 1.29 is 24.0 Å². The van der Waals surface area contributed by atoms with E-state index in [1.54, 1.807) is 30.3 Å². The monoisotopic (exact) mass is 395 g/mol. The van der Waals surface area contributed by atoms with Gasteiger partial charge in [0.25, 0.3) is 11.6 Å². The van der Waals surface area contributed by atoms with Crippen LogP contribution in [-0.4, -0.2) is 30.0 Å². The molecule has 2 rings (SSSR count). The average Bonchev–Trinajstić information content (AvgIpc) is 2.72. The maximum absolute atomic E-state index is 12.2. The van der Waals surface area contributed by atoms with Crippen molar-refractivity contribution in [1.82, 2.24) is 0 Å². The minimum atomic E-state index is -1.28. The number of nitriles is 1. The van der Waals surface area contributed by atoms with Gasteiger partial charge in [-0.05, 0) is 36.8 Å². The van der Waals surface area contributed by atoms with Crippen LogP contribution in [0.3, 0.4) is 0 Å². The third kappa shape index (κ3) is 5.64. The molecular weight excluding hydrogens is 378 g/mol. The van der Waals surface area contributed by atoms with E-state index < -0.39 is 22.9 Å². The summed E-state index contributed by atoms with van der Waals surface area (Å²) in [5.41, 5.74) is -0.0620. The molecule has 2 aromatic carbocycles. The third-order valence-electron chi connectivity index (χ3n) is 3.78. The van der Waals surface area contributed by atoms with Gasteiger partial charge in [0.2, 0.25) is 0 Å². The second-order valence-electron chi connectivity index (χ2n) is 5.75. The number of amides is 1. The number of anilines is 1. The summed E-state index contributed by atoms with van der Waals surface area (Å²) in [6, 6.07) is 13.9. The van der Waals surface area contributed by atoms with Gasteiger partial charge in [-0.2, -0.15) is 5.26 Å². The Kier molecular flexibility index (Phi) is 7.03. The molecule has 1 N–H and O–H groups in total. The van der Waals surface area contributed by atoms with Crippen LogP contribution in [0, 0.1) is 21.4 Å². The normalized spacial score (nSPS) is 11.7. The molecule has 1 amide bonds. The van der Waals surface area contributed by atoms with Crippen LogP contribution in [0.25, 0.3) is 6.08 Å². The van der Waals surface area contributed by atoms with E-state index in [0.29, 0.717) is 11.3 Å². The van der Waals surface area contributed by atoms with E-state index in [0.717, 1.165) is 0 Å². The van der Waals surface area contributed by atoms with E-state index in [1.807, 2.05) is 0 Å². The highest BCUT2D eigenvalue weighted by Gasteiger charge is 2.23. The van der Waals surface area contributed by atoms with Gasteiger partial charge in [-0.1, -0.05) is 24.3 Å². The number of hydrogen-bond acceptors (Lipinski definition) is 7. The summed E-state index contributed by atoms with van der Waals surface area (Å²) in [5.74, 6) is -1.15. The maximum atomic E-state index is 12.2. The Morgan fingerprint density at radius 3 is 2.45 bits per heavy atom. The third-order valence-corrected chi connectivity index (χ3v) is 3.78. The summed E-state index contributed by atoms with van der Waals surface area (Å²) in [7, 11) is 1.51. The molecule has 0 aliphatic heterocycles. The lowest BCUT2D eigenvalue weighted by Crippen LogP contribution is -2.30. The Hall–Kier alpha value is -4.19. The Morgan fingerprint density at radius 2 is 1.86 bits per heavy atom. The molecular formula is C20H17N3O6. The number of rotatable bonds is 7. The van der Waals surface area contributed by atoms with Crippen LogP contribution >= 0.6 is 0 Å². The van der Waals surface area contributed by atoms with Gasteiger partial charge >= 0.3 is 5.97 Å². The average molecular weight is 395 g/mol. The highest BCUT2D eigenvalue weighted by molar-refractivity contribution is 6.01. The van der Waals surface area contributed by atoms with Crippen LogP contribution in [0.2, 0.25) is 0 Å². The summed E-state index contributed by atoms with van der Waals surface area (Å²) in [6.45, 7) is 1.30. The van der Waals surface area contributed by atoms with Crippen LogP contribution in [0.1, 0.15) is 12.5 Å². The zero-order chi connectivity index (χ0) is 21.4. The quantitative estimate of drug-likeness (QED) is 0.250. The van der Waals surface area contributed by atoms with Gasteiger partial charge in [0.1, 0.15) is 23.1 Å². The highest BCUT2D eigenvalue weighted by Crippen LogP contribution is 2.23. The van der Waals surface area contributed by atoms with E-state index >= 15 is 0 Å². The molecule has 148 valence electrons. The van der Waals surface area contributed by atoms with Crippen LogP contribution < -0.4 is 10.1 Å². The molecule has 9 heteroatoms. The van der Waals surface area contributed by atoms with Gasteiger partial charge in [-0.3, -0.25) is 14.9 Å². The van der Waals surface area contributed by atoms with Gasteiger partial charge in [0.15, 0.2) is 6.10 Å². The van der Waals surface area contributed by atoms with Gasteiger partial charge in [-0.15, -0.1) is 0 Å². The molecule has 0 heterocycles. The number of esters is 1. The predicted octanol–water partition coefficient (Wildman–Crippen LogP) is 3.08. The number of nitrogens with zero attached hydrogens (tertiary/aromatic N) is 2. The lowest BCUT2D eigenvalue weighted by atomic mass is 10.1. The number of carbonyl (C=O) groups is 2. The molecule has 0 spiro atoms. The first-order valence-corrected chi connectivity index (χ1v) is 8.36. The summed E-state index contributed by atoms with van der Waals surface area (Å²) in [4.78, 5) is 34.8. The fourth-order valence-electron chi connectivity index (χ4n) is 2.25. The van der Waals surface area contributed by atoms with E-state index in [4.69, 9.17) is 9.47 Å². The number of ether oxygens (including phenoxy) is 2. The van der Waals surface area contributed by atoms with E-state index in [1.165, 1.54) is 44.4 Å². The smallest absolute Gasteiger partial charge is 0.349 e. The molecule has 0 fully saturated rings. The Balaban J connectivity index is 2.08. The van der Waals surface area contributed by atoms with Gasteiger partial charge in [0, 0.05) is 6.07 Å². The molecule has 0 bridgehead atoms. The molecule has 0 saturated carbocycles. The van der Waals surface area contributed by atoms with Crippen molar-refractivity contribution in [3.8, 4) is 11.8 Å². The number of methoxy groups -OCH3 is 1. The maximum Gasteiger partial charge on any atom is 0.349 e. The van der Waals surface area contributed by atoms with Crippen molar-refractivity contribution in [2.24, 2.45) is 0 Å². The molecule has 0 unspecified atom stereocenters. The predicted molar refractivity (Wildman–Crippen MR) is 104 cm³/mol. The zero-order valence-corrected chi connectivity index (χ0v) is 15.6. The lowest BCUT2D eigenvalue weighted by molar-refractivity contribution is -0.383. The topological polar surface area (TPSA) is 132 Å². The minimum Gasteiger partial charge on any atom is -0.497 e. The van der Waals surface area contributed by atoms with Crippen molar-refractivity contribution in [3.63, 3.8) is 0 Å². The van der Waals surface area contributed by atoms with Crippen LogP contribution in [0.4, 0.5) is 11.4 Å². The molecule has 0 saturated heterocycles. The van der Waals surface area contributed by atoms with Gasteiger partial charge < -0.3 is 14.8 Å². The lowest BCUT2D eigenvalue weighted by Gasteiger charge is -2.13. The molecule has 29 heavy (non-hydrogen) atoms. The van der Waals surface area contributed by atoms with Crippen LogP contribution in [0.15, 0.2) is 54.1 Å². The number of carbonyl (C=O) groups excluding carboxylic acids is 2. The second kappa shape index (κ2) is 9.66. The molecule has 1 atom stereocenters. The molecule has 0 radical (unpaired) electrons. The first kappa shape index (κ1) is 21.1. The van der Waals surface area contributed by atoms with Crippen molar-refractivity contribution in [2.75, 3.05) is 12.4 Å². The number of hydrogen-bond donors (Lipinski definition) is 1. The molecule has 0 aliphatic rings. The number of benzene rings is 2. The fraction of sp³-hybridized carbons (Fsp3) is 0.150. The Labute approximate surface area is 166 Å². The van der Waals surface area contributed by atoms with Crippen molar-refractivity contribution in [3.05, 3.63) is 69.8 Å². The standard InChI is InChI=1S/C20H17N3O6/c1-13(19(24)22-17-5-3-4-6-18(17)23(26)27)29-20(25)15(12-21)11-14-7-9-16(28-2)10-8-14/h3-11,13H,1-2H3,(H,22,24)/b15-11+/t13-/m1/s1. The van der Waals surface area contributed by atoms with Crippen LogP contribution in [-0.2, 0) is 14.3 Å². The second-order valence-corrected chi connectivity index (χ2v) is 5.75. The zero-order valence-electron chi connectivity index (χ0n) is 15.6. The van der Waals surface area contributed by atoms with Crippen molar-refractivity contribution in [2.45, 2.75) is 13.0 Å². The van der Waals surface area contributed by atoms with E-state index in [9.17, 15) is 25.0 Å². The molecule has 0 aliphatic carbocycles. The summed E-state index contributed by atoms with van der Waals surface area (Å²) >= 11 is 0.